The third kappa shape index (κ3) is 1.82. The van der Waals surface area contributed by atoms with Gasteiger partial charge in [-0.2, -0.15) is 0 Å². The molecule has 0 aromatic heterocycles. The van der Waals surface area contributed by atoms with E-state index in [0.717, 1.165) is 11.5 Å². The van der Waals surface area contributed by atoms with Crippen LogP contribution in [-0.4, -0.2) is 11.6 Å². The van der Waals surface area contributed by atoms with Gasteiger partial charge < -0.3 is 5.32 Å². The fraction of sp³-hybridized carbons (Fsp3) is 1.00. The van der Waals surface area contributed by atoms with Crippen molar-refractivity contribution in [2.24, 2.45) is 5.41 Å². The summed E-state index contributed by atoms with van der Waals surface area (Å²) >= 11 is 0. The van der Waals surface area contributed by atoms with Crippen molar-refractivity contribution in [3.63, 3.8) is 0 Å². The summed E-state index contributed by atoms with van der Waals surface area (Å²) in [6.45, 7) is 6.81. The van der Waals surface area contributed by atoms with Gasteiger partial charge in [-0.15, -0.1) is 0 Å². The van der Waals surface area contributed by atoms with E-state index in [-0.39, 0.29) is 0 Å². The molecule has 1 unspecified atom stereocenters. The molecule has 0 aromatic rings. The van der Waals surface area contributed by atoms with E-state index in [1.165, 1.54) is 32.1 Å². The molecule has 70 valence electrons. The molecule has 0 heterocycles. The molecule has 0 bridgehead atoms. The van der Waals surface area contributed by atoms with Gasteiger partial charge in [0.2, 0.25) is 0 Å². The van der Waals surface area contributed by atoms with Crippen LogP contribution >= 0.6 is 0 Å². The first kappa shape index (κ1) is 8.55. The lowest BCUT2D eigenvalue weighted by molar-refractivity contribution is 0.351. The summed E-state index contributed by atoms with van der Waals surface area (Å²) in [5.41, 5.74) is 1.13. The molecule has 2 aliphatic carbocycles. The van der Waals surface area contributed by atoms with Gasteiger partial charge in [-0.05, 0) is 58.3 Å². The average molecular weight is 167 g/mol. The first-order chi connectivity index (χ1) is 5.49. The van der Waals surface area contributed by atoms with E-state index in [9.17, 15) is 0 Å². The van der Waals surface area contributed by atoms with E-state index < -0.39 is 0 Å². The maximum Gasteiger partial charge on any atom is 0.00991 e. The Labute approximate surface area is 75.9 Å². The van der Waals surface area contributed by atoms with Crippen LogP contribution in [-0.2, 0) is 0 Å². The van der Waals surface area contributed by atoms with Crippen LogP contribution < -0.4 is 5.32 Å². The average Bonchev–Trinajstić information content (AvgIpc) is 2.49. The van der Waals surface area contributed by atoms with E-state index in [1.807, 2.05) is 0 Å². The zero-order chi connectivity index (χ0) is 8.82. The standard InChI is InChI=1S/C11H21N/c1-10(2,3)12-9-4-5-11(8-9)6-7-11/h9,12H,4-8H2,1-3H3. The van der Waals surface area contributed by atoms with Crippen LogP contribution in [0, 0.1) is 5.41 Å². The van der Waals surface area contributed by atoms with Gasteiger partial charge in [-0.1, -0.05) is 0 Å². The van der Waals surface area contributed by atoms with Crippen LogP contribution in [0.1, 0.15) is 52.9 Å². The van der Waals surface area contributed by atoms with Gasteiger partial charge in [0.05, 0.1) is 0 Å². The van der Waals surface area contributed by atoms with Crippen LogP contribution in [0.15, 0.2) is 0 Å². The Kier molecular flexibility index (Phi) is 1.76. The van der Waals surface area contributed by atoms with E-state index in [1.54, 1.807) is 0 Å². The molecule has 0 aromatic carbocycles. The zero-order valence-electron chi connectivity index (χ0n) is 8.61. The summed E-state index contributed by atoms with van der Waals surface area (Å²) < 4.78 is 0. The second kappa shape index (κ2) is 2.47. The highest BCUT2D eigenvalue weighted by Crippen LogP contribution is 2.57. The van der Waals surface area contributed by atoms with Crippen molar-refractivity contribution in [2.45, 2.75) is 64.5 Å². The highest BCUT2D eigenvalue weighted by Gasteiger charge is 2.48. The molecule has 1 atom stereocenters. The van der Waals surface area contributed by atoms with Crippen molar-refractivity contribution in [1.82, 2.24) is 5.32 Å². The van der Waals surface area contributed by atoms with Crippen LogP contribution in [0.5, 0.6) is 0 Å². The Morgan fingerprint density at radius 2 is 1.83 bits per heavy atom. The Hall–Kier alpha value is -0.0400. The lowest BCUT2D eigenvalue weighted by Gasteiger charge is -2.25. The lowest BCUT2D eigenvalue weighted by Crippen LogP contribution is -2.42. The topological polar surface area (TPSA) is 12.0 Å². The summed E-state index contributed by atoms with van der Waals surface area (Å²) in [6, 6.07) is 0.812. The van der Waals surface area contributed by atoms with Crippen molar-refractivity contribution >= 4 is 0 Å². The summed E-state index contributed by atoms with van der Waals surface area (Å²) in [4.78, 5) is 0. The van der Waals surface area contributed by atoms with Crippen molar-refractivity contribution in [2.75, 3.05) is 0 Å². The Morgan fingerprint density at radius 1 is 1.17 bits per heavy atom. The predicted octanol–water partition coefficient (Wildman–Crippen LogP) is 2.71. The smallest absolute Gasteiger partial charge is 0.00991 e. The van der Waals surface area contributed by atoms with Crippen LogP contribution in [0.2, 0.25) is 0 Å². The number of hydrogen-bond acceptors (Lipinski definition) is 1. The second-order valence-electron chi connectivity index (χ2n) is 5.83. The zero-order valence-corrected chi connectivity index (χ0v) is 8.61. The first-order valence-corrected chi connectivity index (χ1v) is 5.27. The molecular formula is C11H21N. The summed E-state index contributed by atoms with van der Waals surface area (Å²) in [6.07, 6.45) is 7.37. The molecule has 1 N–H and O–H groups in total. The summed E-state index contributed by atoms with van der Waals surface area (Å²) in [5.74, 6) is 0. The summed E-state index contributed by atoms with van der Waals surface area (Å²) in [7, 11) is 0. The molecule has 2 aliphatic rings. The quantitative estimate of drug-likeness (QED) is 0.633. The fourth-order valence-electron chi connectivity index (χ4n) is 2.57. The Bertz CT molecular complexity index is 174. The minimum Gasteiger partial charge on any atom is -0.309 e. The van der Waals surface area contributed by atoms with Crippen molar-refractivity contribution in [1.29, 1.82) is 0 Å². The molecular weight excluding hydrogens is 146 g/mol. The van der Waals surface area contributed by atoms with E-state index in [0.29, 0.717) is 5.54 Å². The first-order valence-electron chi connectivity index (χ1n) is 5.27. The number of rotatable bonds is 1. The van der Waals surface area contributed by atoms with E-state index >= 15 is 0 Å². The predicted molar refractivity (Wildman–Crippen MR) is 52.2 cm³/mol. The largest absolute Gasteiger partial charge is 0.309 e. The summed E-state index contributed by atoms with van der Waals surface area (Å²) in [5, 5.41) is 3.71. The molecule has 0 radical (unpaired) electrons. The Balaban J connectivity index is 1.84. The molecule has 2 fully saturated rings. The number of nitrogens with one attached hydrogen (secondary N) is 1. The van der Waals surface area contributed by atoms with Gasteiger partial charge in [-0.3, -0.25) is 0 Å². The lowest BCUT2D eigenvalue weighted by atomic mass is 10.0. The molecule has 2 rings (SSSR count). The minimum absolute atomic E-state index is 0.311. The molecule has 1 spiro atoms. The van der Waals surface area contributed by atoms with Gasteiger partial charge >= 0.3 is 0 Å². The van der Waals surface area contributed by atoms with Gasteiger partial charge in [0, 0.05) is 11.6 Å². The van der Waals surface area contributed by atoms with Gasteiger partial charge in [0.15, 0.2) is 0 Å². The van der Waals surface area contributed by atoms with E-state index in [4.69, 9.17) is 0 Å². The van der Waals surface area contributed by atoms with Gasteiger partial charge in [0.1, 0.15) is 0 Å². The molecule has 12 heavy (non-hydrogen) atoms. The van der Waals surface area contributed by atoms with Crippen molar-refractivity contribution in [3.8, 4) is 0 Å². The maximum absolute atomic E-state index is 3.71. The molecule has 0 saturated heterocycles. The van der Waals surface area contributed by atoms with Crippen molar-refractivity contribution in [3.05, 3.63) is 0 Å². The molecule has 2 saturated carbocycles. The molecule has 1 heteroatoms. The maximum atomic E-state index is 3.71. The monoisotopic (exact) mass is 167 g/mol. The highest BCUT2D eigenvalue weighted by molar-refractivity contribution is 5.02. The fourth-order valence-corrected chi connectivity index (χ4v) is 2.57. The van der Waals surface area contributed by atoms with Crippen LogP contribution in [0.4, 0.5) is 0 Å². The third-order valence-electron chi connectivity index (χ3n) is 3.30. The third-order valence-corrected chi connectivity index (χ3v) is 3.30. The van der Waals surface area contributed by atoms with Crippen molar-refractivity contribution < 1.29 is 0 Å². The second-order valence-corrected chi connectivity index (χ2v) is 5.83. The molecule has 0 aliphatic heterocycles. The minimum atomic E-state index is 0.311. The van der Waals surface area contributed by atoms with Crippen LogP contribution in [0.25, 0.3) is 0 Å². The van der Waals surface area contributed by atoms with Crippen LogP contribution in [0.3, 0.4) is 0 Å². The molecule has 0 amide bonds. The Morgan fingerprint density at radius 3 is 2.25 bits per heavy atom. The van der Waals surface area contributed by atoms with Gasteiger partial charge in [-0.25, -0.2) is 0 Å². The molecule has 1 nitrogen and oxygen atoms in total. The normalized spacial score (nSPS) is 32.8. The number of hydrogen-bond donors (Lipinski definition) is 1. The van der Waals surface area contributed by atoms with E-state index in [2.05, 4.69) is 26.1 Å². The van der Waals surface area contributed by atoms with Gasteiger partial charge in [0.25, 0.3) is 0 Å². The SMILES string of the molecule is CC(C)(C)NC1CCC2(CC2)C1. The highest BCUT2D eigenvalue weighted by atomic mass is 15.0.